The number of carbonyl (C=O) groups excluding carboxylic acids is 1. The van der Waals surface area contributed by atoms with Gasteiger partial charge in [-0.2, -0.15) is 0 Å². The van der Waals surface area contributed by atoms with Crippen LogP contribution < -0.4 is 5.73 Å². The molecule has 0 aromatic heterocycles. The molecule has 0 saturated heterocycles. The summed E-state index contributed by atoms with van der Waals surface area (Å²) in [7, 11) is 1.59. The largest absolute Gasteiger partial charge is 0.338 e. The van der Waals surface area contributed by atoms with Crippen molar-refractivity contribution in [1.29, 1.82) is 0 Å². The number of hydrogen-bond acceptors (Lipinski definition) is 2. The van der Waals surface area contributed by atoms with Crippen LogP contribution in [0.3, 0.4) is 0 Å². The number of nitrogens with zero attached hydrogens (tertiary/aromatic N) is 1. The van der Waals surface area contributed by atoms with E-state index >= 15 is 0 Å². The molecule has 1 amide bonds. The third kappa shape index (κ3) is 2.61. The van der Waals surface area contributed by atoms with Crippen LogP contribution in [0.2, 0.25) is 0 Å². The molecule has 0 aliphatic heterocycles. The van der Waals surface area contributed by atoms with E-state index in [9.17, 15) is 13.6 Å². The highest BCUT2D eigenvalue weighted by atomic mass is 19.1. The van der Waals surface area contributed by atoms with Gasteiger partial charge in [0.15, 0.2) is 0 Å². The summed E-state index contributed by atoms with van der Waals surface area (Å²) < 4.78 is 27.2. The van der Waals surface area contributed by atoms with Gasteiger partial charge in [-0.05, 0) is 37.4 Å². The Morgan fingerprint density at radius 3 is 2.58 bits per heavy atom. The molecule has 2 rings (SSSR count). The average molecular weight is 268 g/mol. The molecule has 1 aromatic rings. The van der Waals surface area contributed by atoms with Gasteiger partial charge in [0.2, 0.25) is 0 Å². The smallest absolute Gasteiger partial charge is 0.259 e. The standard InChI is InChI=1S/C14H18F2N2O/c1-18(12-7-2-4-9(12)8-17)14(19)13-10(15)5-3-6-11(13)16/h3,5-6,9,12H,2,4,7-8,17H2,1H3. The SMILES string of the molecule is CN(C(=O)c1c(F)cccc1F)C1CCCC1CN. The van der Waals surface area contributed by atoms with Gasteiger partial charge in [-0.25, -0.2) is 8.78 Å². The first-order valence-electron chi connectivity index (χ1n) is 6.47. The van der Waals surface area contributed by atoms with E-state index in [2.05, 4.69) is 0 Å². The van der Waals surface area contributed by atoms with E-state index in [1.165, 1.54) is 11.0 Å². The molecule has 2 N–H and O–H groups in total. The fraction of sp³-hybridized carbons (Fsp3) is 0.500. The van der Waals surface area contributed by atoms with Crippen LogP contribution >= 0.6 is 0 Å². The van der Waals surface area contributed by atoms with Crippen LogP contribution in [-0.4, -0.2) is 30.4 Å². The molecule has 0 spiro atoms. The van der Waals surface area contributed by atoms with Crippen molar-refractivity contribution >= 4 is 5.91 Å². The Hall–Kier alpha value is -1.49. The molecule has 3 nitrogen and oxygen atoms in total. The zero-order valence-electron chi connectivity index (χ0n) is 10.9. The minimum Gasteiger partial charge on any atom is -0.338 e. The summed E-state index contributed by atoms with van der Waals surface area (Å²) in [5, 5.41) is 0. The molecule has 104 valence electrons. The summed E-state index contributed by atoms with van der Waals surface area (Å²) in [6.45, 7) is 0.488. The first kappa shape index (κ1) is 13.9. The molecule has 5 heteroatoms. The van der Waals surface area contributed by atoms with Gasteiger partial charge in [-0.1, -0.05) is 12.5 Å². The lowest BCUT2D eigenvalue weighted by atomic mass is 10.0. The zero-order chi connectivity index (χ0) is 14.0. The van der Waals surface area contributed by atoms with E-state index in [0.29, 0.717) is 6.54 Å². The molecule has 1 aliphatic rings. The van der Waals surface area contributed by atoms with Gasteiger partial charge < -0.3 is 10.6 Å². The Labute approximate surface area is 111 Å². The van der Waals surface area contributed by atoms with E-state index in [1.54, 1.807) is 7.05 Å². The van der Waals surface area contributed by atoms with Crippen LogP contribution in [0.1, 0.15) is 29.6 Å². The monoisotopic (exact) mass is 268 g/mol. The van der Waals surface area contributed by atoms with E-state index < -0.39 is 23.1 Å². The zero-order valence-corrected chi connectivity index (χ0v) is 10.9. The molecular weight excluding hydrogens is 250 g/mol. The molecule has 1 aromatic carbocycles. The lowest BCUT2D eigenvalue weighted by Gasteiger charge is -2.29. The van der Waals surface area contributed by atoms with E-state index in [4.69, 9.17) is 5.73 Å². The van der Waals surface area contributed by atoms with Gasteiger partial charge >= 0.3 is 0 Å². The summed E-state index contributed by atoms with van der Waals surface area (Å²) in [5.74, 6) is -2.04. The number of halogens is 2. The molecule has 0 bridgehead atoms. The maximum absolute atomic E-state index is 13.6. The van der Waals surface area contributed by atoms with Crippen LogP contribution in [-0.2, 0) is 0 Å². The Morgan fingerprint density at radius 2 is 2.00 bits per heavy atom. The van der Waals surface area contributed by atoms with Crippen molar-refractivity contribution in [2.75, 3.05) is 13.6 Å². The lowest BCUT2D eigenvalue weighted by molar-refractivity contribution is 0.0690. The van der Waals surface area contributed by atoms with E-state index in [-0.39, 0.29) is 12.0 Å². The second kappa shape index (κ2) is 5.65. The number of nitrogens with two attached hydrogens (primary N) is 1. The second-order valence-electron chi connectivity index (χ2n) is 5.01. The molecule has 1 aliphatic carbocycles. The summed E-state index contributed by atoms with van der Waals surface area (Å²) in [5.41, 5.74) is 5.20. The molecule has 2 unspecified atom stereocenters. The topological polar surface area (TPSA) is 46.3 Å². The maximum Gasteiger partial charge on any atom is 0.259 e. The van der Waals surface area contributed by atoms with Gasteiger partial charge in [0.05, 0.1) is 0 Å². The molecule has 0 heterocycles. The van der Waals surface area contributed by atoms with Gasteiger partial charge in [0.25, 0.3) is 5.91 Å². The van der Waals surface area contributed by atoms with Crippen LogP contribution in [0.25, 0.3) is 0 Å². The van der Waals surface area contributed by atoms with Crippen LogP contribution in [0, 0.1) is 17.6 Å². The number of benzene rings is 1. The summed E-state index contributed by atoms with van der Waals surface area (Å²) in [4.78, 5) is 13.7. The van der Waals surface area contributed by atoms with Crippen molar-refractivity contribution in [3.05, 3.63) is 35.4 Å². The minimum atomic E-state index is -0.820. The highest BCUT2D eigenvalue weighted by molar-refractivity contribution is 5.94. The van der Waals surface area contributed by atoms with Crippen LogP contribution in [0.5, 0.6) is 0 Å². The third-order valence-electron chi connectivity index (χ3n) is 3.92. The fourth-order valence-corrected chi connectivity index (χ4v) is 2.83. The van der Waals surface area contributed by atoms with Crippen LogP contribution in [0.15, 0.2) is 18.2 Å². The molecule has 1 saturated carbocycles. The van der Waals surface area contributed by atoms with Crippen molar-refractivity contribution in [1.82, 2.24) is 4.90 Å². The van der Waals surface area contributed by atoms with Gasteiger partial charge in [-0.15, -0.1) is 0 Å². The van der Waals surface area contributed by atoms with Gasteiger partial charge in [-0.3, -0.25) is 4.79 Å². The Balaban J connectivity index is 2.24. The number of hydrogen-bond donors (Lipinski definition) is 1. The highest BCUT2D eigenvalue weighted by Crippen LogP contribution is 2.29. The van der Waals surface area contributed by atoms with Crippen molar-refractivity contribution in [3.8, 4) is 0 Å². The quantitative estimate of drug-likeness (QED) is 0.913. The minimum absolute atomic E-state index is 0.0310. The summed E-state index contributed by atoms with van der Waals surface area (Å²) in [6, 6.07) is 3.41. The second-order valence-corrected chi connectivity index (χ2v) is 5.01. The van der Waals surface area contributed by atoms with Crippen molar-refractivity contribution in [2.24, 2.45) is 11.7 Å². The summed E-state index contributed by atoms with van der Waals surface area (Å²) in [6.07, 6.45) is 2.78. The maximum atomic E-state index is 13.6. The lowest BCUT2D eigenvalue weighted by Crippen LogP contribution is -2.42. The molecule has 1 fully saturated rings. The van der Waals surface area contributed by atoms with Gasteiger partial charge in [0, 0.05) is 13.1 Å². The molecular formula is C14H18F2N2O. The molecule has 19 heavy (non-hydrogen) atoms. The molecule has 0 radical (unpaired) electrons. The van der Waals surface area contributed by atoms with E-state index in [0.717, 1.165) is 31.4 Å². The van der Waals surface area contributed by atoms with E-state index in [1.807, 2.05) is 0 Å². The number of carbonyl (C=O) groups is 1. The summed E-state index contributed by atoms with van der Waals surface area (Å²) >= 11 is 0. The highest BCUT2D eigenvalue weighted by Gasteiger charge is 2.33. The normalized spacial score (nSPS) is 22.5. The number of amides is 1. The third-order valence-corrected chi connectivity index (χ3v) is 3.92. The Bertz CT molecular complexity index is 458. The first-order chi connectivity index (χ1) is 9.06. The van der Waals surface area contributed by atoms with Crippen LogP contribution in [0.4, 0.5) is 8.78 Å². The fourth-order valence-electron chi connectivity index (χ4n) is 2.83. The predicted molar refractivity (Wildman–Crippen MR) is 68.6 cm³/mol. The first-order valence-corrected chi connectivity index (χ1v) is 6.47. The average Bonchev–Trinajstić information content (AvgIpc) is 2.85. The Kier molecular flexibility index (Phi) is 4.14. The van der Waals surface area contributed by atoms with Crippen molar-refractivity contribution in [3.63, 3.8) is 0 Å². The number of rotatable bonds is 3. The molecule has 2 atom stereocenters. The Morgan fingerprint density at radius 1 is 1.37 bits per heavy atom. The van der Waals surface area contributed by atoms with Gasteiger partial charge in [0.1, 0.15) is 17.2 Å². The predicted octanol–water partition coefficient (Wildman–Crippen LogP) is 2.16. The van der Waals surface area contributed by atoms with Crippen molar-refractivity contribution in [2.45, 2.75) is 25.3 Å². The van der Waals surface area contributed by atoms with Crippen molar-refractivity contribution < 1.29 is 13.6 Å².